The predicted octanol–water partition coefficient (Wildman–Crippen LogP) is 2.24. The Morgan fingerprint density at radius 3 is 3.00 bits per heavy atom. The van der Waals surface area contributed by atoms with Crippen LogP contribution < -0.4 is 0 Å². The molecular formula is C12H10N2O2. The van der Waals surface area contributed by atoms with Crippen LogP contribution >= 0.6 is 0 Å². The first kappa shape index (κ1) is 9.18. The van der Waals surface area contributed by atoms with Crippen LogP contribution in [-0.2, 0) is 0 Å². The average molecular weight is 214 g/mol. The summed E-state index contributed by atoms with van der Waals surface area (Å²) in [7, 11) is 0. The first-order chi connectivity index (χ1) is 7.84. The van der Waals surface area contributed by atoms with Gasteiger partial charge in [0.05, 0.1) is 12.0 Å². The molecule has 0 aliphatic rings. The number of fused-ring (bicyclic) bond motifs is 1. The third kappa shape index (κ3) is 1.40. The second-order valence-electron chi connectivity index (χ2n) is 3.58. The summed E-state index contributed by atoms with van der Waals surface area (Å²) in [5, 5.41) is 11.0. The van der Waals surface area contributed by atoms with Crippen molar-refractivity contribution in [2.75, 3.05) is 0 Å². The number of nitrogens with one attached hydrogen (secondary N) is 1. The van der Waals surface area contributed by atoms with Gasteiger partial charge in [0.15, 0.2) is 6.10 Å². The number of aliphatic hydroxyl groups excluding tert-OH is 1. The lowest BCUT2D eigenvalue weighted by molar-refractivity contribution is 0.185. The number of aromatic amines is 1. The normalized spacial score (nSPS) is 13.1. The average Bonchev–Trinajstić information content (AvgIpc) is 2.97. The van der Waals surface area contributed by atoms with Gasteiger partial charge in [-0.1, -0.05) is 0 Å². The van der Waals surface area contributed by atoms with Crippen LogP contribution in [0.25, 0.3) is 11.0 Å². The van der Waals surface area contributed by atoms with Gasteiger partial charge in [-0.05, 0) is 30.3 Å². The van der Waals surface area contributed by atoms with E-state index in [0.29, 0.717) is 11.5 Å². The molecule has 0 fully saturated rings. The largest absolute Gasteiger partial charge is 0.466 e. The van der Waals surface area contributed by atoms with Crippen LogP contribution in [0, 0.1) is 0 Å². The standard InChI is InChI=1S/C12H10N2O2/c15-11(10-4-2-6-16-10)9-7-8-3-1-5-13-12(8)14-9/h1-7,11,15H,(H,13,14). The maximum Gasteiger partial charge on any atom is 0.151 e. The predicted molar refractivity (Wildman–Crippen MR) is 58.9 cm³/mol. The summed E-state index contributed by atoms with van der Waals surface area (Å²) in [5.41, 5.74) is 1.45. The van der Waals surface area contributed by atoms with Gasteiger partial charge >= 0.3 is 0 Å². The number of pyridine rings is 1. The number of aliphatic hydroxyl groups is 1. The number of hydrogen-bond acceptors (Lipinski definition) is 3. The summed E-state index contributed by atoms with van der Waals surface area (Å²) in [6, 6.07) is 9.16. The molecular weight excluding hydrogens is 204 g/mol. The highest BCUT2D eigenvalue weighted by atomic mass is 16.4. The van der Waals surface area contributed by atoms with Gasteiger partial charge in [0.25, 0.3) is 0 Å². The number of furan rings is 1. The molecule has 4 heteroatoms. The highest BCUT2D eigenvalue weighted by Crippen LogP contribution is 2.24. The Morgan fingerprint density at radius 2 is 2.25 bits per heavy atom. The Balaban J connectivity index is 2.06. The van der Waals surface area contributed by atoms with E-state index in [1.54, 1.807) is 24.6 Å². The number of hydrogen-bond donors (Lipinski definition) is 2. The van der Waals surface area contributed by atoms with Crippen LogP contribution in [0.5, 0.6) is 0 Å². The molecule has 0 aliphatic heterocycles. The highest BCUT2D eigenvalue weighted by molar-refractivity contribution is 5.76. The molecule has 3 aromatic rings. The van der Waals surface area contributed by atoms with Gasteiger partial charge < -0.3 is 14.5 Å². The minimum Gasteiger partial charge on any atom is -0.466 e. The van der Waals surface area contributed by atoms with E-state index in [1.165, 1.54) is 0 Å². The fourth-order valence-corrected chi connectivity index (χ4v) is 1.73. The number of rotatable bonds is 2. The van der Waals surface area contributed by atoms with E-state index in [9.17, 15) is 5.11 Å². The van der Waals surface area contributed by atoms with Crippen molar-refractivity contribution in [2.45, 2.75) is 6.10 Å². The van der Waals surface area contributed by atoms with Gasteiger partial charge in [-0.15, -0.1) is 0 Å². The molecule has 3 rings (SSSR count). The van der Waals surface area contributed by atoms with Crippen molar-refractivity contribution in [1.82, 2.24) is 9.97 Å². The Labute approximate surface area is 91.6 Å². The van der Waals surface area contributed by atoms with Gasteiger partial charge in [-0.25, -0.2) is 4.98 Å². The molecule has 1 atom stereocenters. The Bertz CT molecular complexity index is 565. The number of nitrogens with zero attached hydrogens (tertiary/aromatic N) is 1. The summed E-state index contributed by atoms with van der Waals surface area (Å²) in [6.45, 7) is 0. The molecule has 0 radical (unpaired) electrons. The lowest BCUT2D eigenvalue weighted by atomic mass is 10.2. The number of aromatic nitrogens is 2. The van der Waals surface area contributed by atoms with E-state index < -0.39 is 6.10 Å². The Kier molecular flexibility index (Phi) is 2.01. The van der Waals surface area contributed by atoms with Gasteiger partial charge in [-0.3, -0.25) is 0 Å². The third-order valence-electron chi connectivity index (χ3n) is 2.52. The summed E-state index contributed by atoms with van der Waals surface area (Å²) in [6.07, 6.45) is 2.48. The summed E-state index contributed by atoms with van der Waals surface area (Å²) < 4.78 is 5.16. The fourth-order valence-electron chi connectivity index (χ4n) is 1.73. The zero-order valence-electron chi connectivity index (χ0n) is 8.42. The first-order valence-electron chi connectivity index (χ1n) is 5.00. The Hall–Kier alpha value is -2.07. The van der Waals surface area contributed by atoms with Gasteiger partial charge in [0.2, 0.25) is 0 Å². The molecule has 0 saturated carbocycles. The summed E-state index contributed by atoms with van der Waals surface area (Å²) in [5.74, 6) is 0.520. The smallest absolute Gasteiger partial charge is 0.151 e. The van der Waals surface area contributed by atoms with E-state index in [1.807, 2.05) is 18.2 Å². The van der Waals surface area contributed by atoms with Gasteiger partial charge in [0, 0.05) is 11.6 Å². The van der Waals surface area contributed by atoms with Crippen LogP contribution in [0.4, 0.5) is 0 Å². The molecule has 0 aromatic carbocycles. The van der Waals surface area contributed by atoms with Crippen LogP contribution in [0.2, 0.25) is 0 Å². The minimum atomic E-state index is -0.774. The van der Waals surface area contributed by atoms with Crippen molar-refractivity contribution < 1.29 is 9.52 Å². The monoisotopic (exact) mass is 214 g/mol. The molecule has 0 aliphatic carbocycles. The minimum absolute atomic E-state index is 0.520. The third-order valence-corrected chi connectivity index (χ3v) is 2.52. The van der Waals surface area contributed by atoms with Crippen molar-refractivity contribution >= 4 is 11.0 Å². The molecule has 3 aromatic heterocycles. The zero-order chi connectivity index (χ0) is 11.0. The molecule has 3 heterocycles. The lowest BCUT2D eigenvalue weighted by Gasteiger charge is -2.03. The second-order valence-corrected chi connectivity index (χ2v) is 3.58. The molecule has 2 N–H and O–H groups in total. The topological polar surface area (TPSA) is 62.1 Å². The molecule has 1 unspecified atom stereocenters. The second kappa shape index (κ2) is 3.50. The molecule has 4 nitrogen and oxygen atoms in total. The van der Waals surface area contributed by atoms with Crippen molar-refractivity contribution in [3.63, 3.8) is 0 Å². The zero-order valence-corrected chi connectivity index (χ0v) is 8.42. The van der Waals surface area contributed by atoms with Crippen LogP contribution in [0.15, 0.2) is 47.2 Å². The molecule has 0 amide bonds. The van der Waals surface area contributed by atoms with E-state index >= 15 is 0 Å². The van der Waals surface area contributed by atoms with Gasteiger partial charge in [0.1, 0.15) is 11.4 Å². The lowest BCUT2D eigenvalue weighted by Crippen LogP contribution is -1.97. The van der Waals surface area contributed by atoms with Crippen LogP contribution in [0.3, 0.4) is 0 Å². The van der Waals surface area contributed by atoms with Gasteiger partial charge in [-0.2, -0.15) is 0 Å². The van der Waals surface area contributed by atoms with Crippen molar-refractivity contribution in [3.05, 3.63) is 54.2 Å². The maximum atomic E-state index is 10.0. The Morgan fingerprint density at radius 1 is 1.31 bits per heavy atom. The van der Waals surface area contributed by atoms with Crippen molar-refractivity contribution in [2.24, 2.45) is 0 Å². The van der Waals surface area contributed by atoms with Crippen LogP contribution in [0.1, 0.15) is 17.6 Å². The quantitative estimate of drug-likeness (QED) is 0.687. The van der Waals surface area contributed by atoms with Crippen LogP contribution in [-0.4, -0.2) is 15.1 Å². The summed E-state index contributed by atoms with van der Waals surface area (Å²) in [4.78, 5) is 7.23. The molecule has 0 bridgehead atoms. The molecule has 0 spiro atoms. The van der Waals surface area contributed by atoms with E-state index in [0.717, 1.165) is 11.0 Å². The molecule has 80 valence electrons. The van der Waals surface area contributed by atoms with Crippen molar-refractivity contribution in [1.29, 1.82) is 0 Å². The molecule has 0 saturated heterocycles. The summed E-state index contributed by atoms with van der Waals surface area (Å²) >= 11 is 0. The molecule has 16 heavy (non-hydrogen) atoms. The maximum absolute atomic E-state index is 10.0. The first-order valence-corrected chi connectivity index (χ1v) is 5.00. The SMILES string of the molecule is OC(c1cc2cccnc2[nH]1)c1ccco1. The number of H-pyrrole nitrogens is 1. The van der Waals surface area contributed by atoms with E-state index in [4.69, 9.17) is 4.42 Å². The van der Waals surface area contributed by atoms with Crippen molar-refractivity contribution in [3.8, 4) is 0 Å². The van der Waals surface area contributed by atoms with E-state index in [-0.39, 0.29) is 0 Å². The van der Waals surface area contributed by atoms with E-state index in [2.05, 4.69) is 9.97 Å². The highest BCUT2D eigenvalue weighted by Gasteiger charge is 2.15. The fraction of sp³-hybridized carbons (Fsp3) is 0.0833.